The highest BCUT2D eigenvalue weighted by Gasteiger charge is 2.21. The average molecular weight is 385 g/mol. The molecule has 1 N–H and O–H groups in total. The second-order valence-corrected chi connectivity index (χ2v) is 8.76. The summed E-state index contributed by atoms with van der Waals surface area (Å²) in [5, 5.41) is 3.77. The first-order valence-corrected chi connectivity index (χ1v) is 10.6. The van der Waals surface area contributed by atoms with Gasteiger partial charge >= 0.3 is 5.69 Å². The van der Waals surface area contributed by atoms with Gasteiger partial charge in [0.25, 0.3) is 0 Å². The molecule has 0 atom stereocenters. The zero-order valence-corrected chi connectivity index (χ0v) is 15.6. The standard InChI is InChI=1S/C18H19N5O3S/c1-27(25,26)15-8-6-13(7-9-15)21-17-19-10-12-11-20-18(24)23(16(12)22-17)14-4-2-3-5-14/h6-11,14H,2-5H2,1H3,(H,19,21,22). The van der Waals surface area contributed by atoms with Crippen molar-refractivity contribution in [1.29, 1.82) is 0 Å². The van der Waals surface area contributed by atoms with E-state index in [2.05, 4.69) is 20.3 Å². The highest BCUT2D eigenvalue weighted by molar-refractivity contribution is 7.90. The number of fused-ring (bicyclic) bond motifs is 1. The van der Waals surface area contributed by atoms with Crippen LogP contribution in [0.25, 0.3) is 11.0 Å². The minimum Gasteiger partial charge on any atom is -0.324 e. The summed E-state index contributed by atoms with van der Waals surface area (Å²) in [6.45, 7) is 0. The minimum absolute atomic E-state index is 0.116. The summed E-state index contributed by atoms with van der Waals surface area (Å²) in [4.78, 5) is 25.3. The molecular formula is C18H19N5O3S. The lowest BCUT2D eigenvalue weighted by molar-refractivity contribution is 0.506. The van der Waals surface area contributed by atoms with E-state index >= 15 is 0 Å². The third-order valence-corrected chi connectivity index (χ3v) is 5.90. The summed E-state index contributed by atoms with van der Waals surface area (Å²) in [6.07, 6.45) is 8.37. The topological polar surface area (TPSA) is 107 Å². The number of hydrogen-bond acceptors (Lipinski definition) is 7. The Morgan fingerprint density at radius 3 is 2.41 bits per heavy atom. The van der Waals surface area contributed by atoms with Crippen molar-refractivity contribution >= 4 is 32.5 Å². The largest absolute Gasteiger partial charge is 0.349 e. The Morgan fingerprint density at radius 1 is 1.07 bits per heavy atom. The molecule has 2 heterocycles. The average Bonchev–Trinajstić information content (AvgIpc) is 3.15. The van der Waals surface area contributed by atoms with Crippen molar-refractivity contribution in [2.45, 2.75) is 36.6 Å². The van der Waals surface area contributed by atoms with Crippen molar-refractivity contribution in [1.82, 2.24) is 19.5 Å². The first-order chi connectivity index (χ1) is 12.9. The second-order valence-electron chi connectivity index (χ2n) is 6.74. The van der Waals surface area contributed by atoms with Crippen molar-refractivity contribution in [2.24, 2.45) is 0 Å². The highest BCUT2D eigenvalue weighted by atomic mass is 32.2. The molecule has 0 saturated heterocycles. The van der Waals surface area contributed by atoms with E-state index in [1.165, 1.54) is 18.3 Å². The summed E-state index contributed by atoms with van der Waals surface area (Å²) in [5.41, 5.74) is 0.925. The monoisotopic (exact) mass is 385 g/mol. The number of anilines is 2. The van der Waals surface area contributed by atoms with E-state index in [1.54, 1.807) is 22.9 Å². The van der Waals surface area contributed by atoms with Gasteiger partial charge in [-0.05, 0) is 37.1 Å². The molecule has 1 aromatic carbocycles. The van der Waals surface area contributed by atoms with Crippen molar-refractivity contribution in [3.8, 4) is 0 Å². The number of rotatable bonds is 4. The zero-order valence-electron chi connectivity index (χ0n) is 14.8. The maximum atomic E-state index is 12.3. The molecule has 0 aliphatic heterocycles. The Kier molecular flexibility index (Phi) is 4.39. The van der Waals surface area contributed by atoms with Gasteiger partial charge in [-0.15, -0.1) is 0 Å². The Labute approximate surface area is 156 Å². The third-order valence-electron chi connectivity index (χ3n) is 4.77. The molecule has 140 valence electrons. The normalized spacial score (nSPS) is 15.3. The van der Waals surface area contributed by atoms with Gasteiger partial charge in [0.2, 0.25) is 5.95 Å². The number of sulfone groups is 1. The fourth-order valence-electron chi connectivity index (χ4n) is 3.41. The predicted octanol–water partition coefficient (Wildman–Crippen LogP) is 2.45. The van der Waals surface area contributed by atoms with E-state index in [4.69, 9.17) is 0 Å². The summed E-state index contributed by atoms with van der Waals surface area (Å²) in [5.74, 6) is 0.340. The molecule has 1 fully saturated rings. The molecule has 4 rings (SSSR count). The van der Waals surface area contributed by atoms with Crippen LogP contribution < -0.4 is 11.0 Å². The Hall–Kier alpha value is -2.81. The Balaban J connectivity index is 1.70. The van der Waals surface area contributed by atoms with E-state index in [0.29, 0.717) is 22.7 Å². The highest BCUT2D eigenvalue weighted by Crippen LogP contribution is 2.30. The van der Waals surface area contributed by atoms with Crippen molar-refractivity contribution in [2.75, 3.05) is 11.6 Å². The molecule has 2 aromatic heterocycles. The van der Waals surface area contributed by atoms with Crippen molar-refractivity contribution in [3.63, 3.8) is 0 Å². The minimum atomic E-state index is -3.25. The van der Waals surface area contributed by atoms with Crippen molar-refractivity contribution < 1.29 is 8.42 Å². The predicted molar refractivity (Wildman–Crippen MR) is 102 cm³/mol. The summed E-state index contributed by atoms with van der Waals surface area (Å²) < 4.78 is 24.8. The van der Waals surface area contributed by atoms with E-state index in [0.717, 1.165) is 31.9 Å². The van der Waals surface area contributed by atoms with Crippen LogP contribution in [0.4, 0.5) is 11.6 Å². The van der Waals surface area contributed by atoms with Crippen LogP contribution in [-0.4, -0.2) is 34.2 Å². The Bertz CT molecular complexity index is 1150. The molecule has 0 bridgehead atoms. The molecule has 8 nitrogen and oxygen atoms in total. The summed E-state index contributed by atoms with van der Waals surface area (Å²) >= 11 is 0. The van der Waals surface area contributed by atoms with E-state index in [-0.39, 0.29) is 16.6 Å². The lowest BCUT2D eigenvalue weighted by Crippen LogP contribution is -2.26. The maximum absolute atomic E-state index is 12.3. The maximum Gasteiger partial charge on any atom is 0.349 e. The smallest absolute Gasteiger partial charge is 0.324 e. The van der Waals surface area contributed by atoms with Crippen molar-refractivity contribution in [3.05, 3.63) is 47.1 Å². The van der Waals surface area contributed by atoms with Crippen LogP contribution in [0.2, 0.25) is 0 Å². The van der Waals surface area contributed by atoms with Gasteiger partial charge in [-0.1, -0.05) is 12.8 Å². The van der Waals surface area contributed by atoms with Gasteiger partial charge in [-0.25, -0.2) is 23.2 Å². The van der Waals surface area contributed by atoms with Crippen LogP contribution in [0.5, 0.6) is 0 Å². The molecule has 1 aliphatic rings. The SMILES string of the molecule is CS(=O)(=O)c1ccc(Nc2ncc3cnc(=O)n(C4CCCC4)c3n2)cc1. The lowest BCUT2D eigenvalue weighted by Gasteiger charge is -2.15. The van der Waals surface area contributed by atoms with E-state index in [9.17, 15) is 13.2 Å². The van der Waals surface area contributed by atoms with Gasteiger partial charge in [0.15, 0.2) is 15.5 Å². The quantitative estimate of drug-likeness (QED) is 0.735. The van der Waals surface area contributed by atoms with E-state index < -0.39 is 9.84 Å². The van der Waals surface area contributed by atoms with Crippen LogP contribution in [0.3, 0.4) is 0 Å². The van der Waals surface area contributed by atoms with Crippen LogP contribution >= 0.6 is 0 Å². The number of nitrogens with one attached hydrogen (secondary N) is 1. The first-order valence-electron chi connectivity index (χ1n) is 8.73. The molecule has 1 aliphatic carbocycles. The van der Waals surface area contributed by atoms with Crippen LogP contribution in [0.15, 0.2) is 46.3 Å². The van der Waals surface area contributed by atoms with Gasteiger partial charge in [0.05, 0.1) is 10.3 Å². The number of benzene rings is 1. The van der Waals surface area contributed by atoms with Crippen LogP contribution in [0, 0.1) is 0 Å². The molecular weight excluding hydrogens is 366 g/mol. The molecule has 0 unspecified atom stereocenters. The van der Waals surface area contributed by atoms with Crippen LogP contribution in [-0.2, 0) is 9.84 Å². The van der Waals surface area contributed by atoms with Gasteiger partial charge in [-0.3, -0.25) is 4.57 Å². The van der Waals surface area contributed by atoms with Gasteiger partial charge < -0.3 is 5.32 Å². The Morgan fingerprint density at radius 2 is 1.74 bits per heavy atom. The van der Waals surface area contributed by atoms with Gasteiger partial charge in [-0.2, -0.15) is 4.98 Å². The molecule has 3 aromatic rings. The summed E-state index contributed by atoms with van der Waals surface area (Å²) in [6, 6.07) is 6.47. The summed E-state index contributed by atoms with van der Waals surface area (Å²) in [7, 11) is -3.25. The molecule has 0 spiro atoms. The lowest BCUT2D eigenvalue weighted by atomic mass is 10.2. The molecule has 9 heteroatoms. The zero-order chi connectivity index (χ0) is 19.0. The molecule has 27 heavy (non-hydrogen) atoms. The third kappa shape index (κ3) is 3.55. The van der Waals surface area contributed by atoms with Gasteiger partial charge in [0.1, 0.15) is 0 Å². The fourth-order valence-corrected chi connectivity index (χ4v) is 4.04. The number of aromatic nitrogens is 4. The molecule has 1 saturated carbocycles. The number of hydrogen-bond donors (Lipinski definition) is 1. The van der Waals surface area contributed by atoms with Gasteiger partial charge in [0, 0.05) is 30.4 Å². The fraction of sp³-hybridized carbons (Fsp3) is 0.333. The first kappa shape index (κ1) is 17.6. The van der Waals surface area contributed by atoms with Crippen LogP contribution in [0.1, 0.15) is 31.7 Å². The van der Waals surface area contributed by atoms with E-state index in [1.807, 2.05) is 0 Å². The molecule has 0 radical (unpaired) electrons. The molecule has 0 amide bonds. The second kappa shape index (κ2) is 6.73. The number of nitrogens with zero attached hydrogens (tertiary/aromatic N) is 4.